The molecule has 0 aromatic carbocycles. The quantitative estimate of drug-likeness (QED) is 0.885. The molecule has 4 atom stereocenters. The van der Waals surface area contributed by atoms with E-state index in [0.29, 0.717) is 37.3 Å². The Balaban J connectivity index is 1.44. The molecule has 6 nitrogen and oxygen atoms in total. The summed E-state index contributed by atoms with van der Waals surface area (Å²) in [6, 6.07) is 0. The van der Waals surface area contributed by atoms with Gasteiger partial charge in [0.15, 0.2) is 0 Å². The predicted molar refractivity (Wildman–Crippen MR) is 101 cm³/mol. The van der Waals surface area contributed by atoms with E-state index in [-0.39, 0.29) is 16.9 Å². The zero-order valence-corrected chi connectivity index (χ0v) is 16.6. The van der Waals surface area contributed by atoms with Crippen LogP contribution < -0.4 is 0 Å². The summed E-state index contributed by atoms with van der Waals surface area (Å²) in [4.78, 5) is 20.1. The Morgan fingerprint density at radius 2 is 2.00 bits per heavy atom. The molecule has 27 heavy (non-hydrogen) atoms. The second kappa shape index (κ2) is 5.79. The summed E-state index contributed by atoms with van der Waals surface area (Å²) in [5.41, 5.74) is -0.881. The Morgan fingerprint density at radius 1 is 1.26 bits per heavy atom. The Morgan fingerprint density at radius 3 is 2.63 bits per heavy atom. The third-order valence-electron chi connectivity index (χ3n) is 8.38. The van der Waals surface area contributed by atoms with Crippen molar-refractivity contribution in [3.05, 3.63) is 12.7 Å². The maximum atomic E-state index is 13.8. The molecule has 4 aliphatic carbocycles. The summed E-state index contributed by atoms with van der Waals surface area (Å²) in [6.45, 7) is 5.45. The predicted octanol–water partition coefficient (Wildman–Crippen LogP) is 2.58. The minimum absolute atomic E-state index is 0.0122. The van der Waals surface area contributed by atoms with Crippen LogP contribution in [0.3, 0.4) is 0 Å². The van der Waals surface area contributed by atoms with E-state index >= 15 is 0 Å². The van der Waals surface area contributed by atoms with Gasteiger partial charge in [0.25, 0.3) is 0 Å². The maximum absolute atomic E-state index is 13.8. The molecule has 1 aliphatic heterocycles. The summed E-state index contributed by atoms with van der Waals surface area (Å²) in [5.74, 6) is 1.80. The zero-order chi connectivity index (χ0) is 18.9. The fraction of sp³-hybridized carbons (Fsp3) is 0.857. The lowest BCUT2D eigenvalue weighted by Crippen LogP contribution is -2.63. The fourth-order valence-electron chi connectivity index (χ4n) is 7.39. The maximum Gasteiger partial charge on any atom is 0.228 e. The molecule has 2 unspecified atom stereocenters. The van der Waals surface area contributed by atoms with Gasteiger partial charge in [-0.2, -0.15) is 5.10 Å². The molecule has 6 heteroatoms. The Kier molecular flexibility index (Phi) is 3.78. The van der Waals surface area contributed by atoms with Crippen LogP contribution in [0.15, 0.2) is 12.7 Å². The number of hydrogen-bond donors (Lipinski definition) is 1. The summed E-state index contributed by atoms with van der Waals surface area (Å²) in [6.07, 6.45) is 11.7. The van der Waals surface area contributed by atoms with Gasteiger partial charge in [0.1, 0.15) is 12.7 Å². The molecule has 2 heterocycles. The fourth-order valence-corrected chi connectivity index (χ4v) is 7.39. The number of carbonyl (C=O) groups is 1. The Labute approximate surface area is 161 Å². The molecule has 6 rings (SSSR count). The van der Waals surface area contributed by atoms with Crippen molar-refractivity contribution in [2.45, 2.75) is 76.4 Å². The van der Waals surface area contributed by atoms with Crippen molar-refractivity contribution in [3.8, 4) is 0 Å². The molecule has 5 fully saturated rings. The van der Waals surface area contributed by atoms with E-state index in [1.807, 2.05) is 13.3 Å². The zero-order valence-electron chi connectivity index (χ0n) is 16.6. The van der Waals surface area contributed by atoms with Gasteiger partial charge in [-0.25, -0.2) is 9.67 Å². The largest absolute Gasteiger partial charge is 0.390 e. The lowest BCUT2D eigenvalue weighted by molar-refractivity contribution is -0.172. The molecule has 1 amide bonds. The number of piperidine rings is 1. The highest BCUT2D eigenvalue weighted by atomic mass is 16.3. The first kappa shape index (κ1) is 17.7. The number of carbonyl (C=O) groups excluding carboxylic acids is 1. The van der Waals surface area contributed by atoms with E-state index in [2.05, 4.69) is 26.6 Å². The van der Waals surface area contributed by atoms with E-state index in [1.165, 1.54) is 6.42 Å². The number of rotatable bonds is 3. The molecular weight excluding hydrogens is 340 g/mol. The topological polar surface area (TPSA) is 71.2 Å². The number of aromatic nitrogens is 3. The molecular formula is C21H32N4O2. The number of hydrogen-bond acceptors (Lipinski definition) is 4. The molecule has 0 radical (unpaired) electrons. The van der Waals surface area contributed by atoms with Crippen molar-refractivity contribution in [2.75, 3.05) is 13.1 Å². The van der Waals surface area contributed by atoms with Crippen LogP contribution in [-0.4, -0.2) is 49.4 Å². The van der Waals surface area contributed by atoms with E-state index in [0.717, 1.165) is 38.5 Å². The highest BCUT2D eigenvalue weighted by Crippen LogP contribution is 2.64. The summed E-state index contributed by atoms with van der Waals surface area (Å²) < 4.78 is 2.07. The van der Waals surface area contributed by atoms with Crippen molar-refractivity contribution in [2.24, 2.45) is 23.2 Å². The Bertz CT molecular complexity index is 715. The van der Waals surface area contributed by atoms with E-state index in [9.17, 15) is 9.90 Å². The molecule has 1 N–H and O–H groups in total. The number of aliphatic hydroxyl groups is 1. The van der Waals surface area contributed by atoms with Crippen LogP contribution in [0.2, 0.25) is 0 Å². The van der Waals surface area contributed by atoms with Gasteiger partial charge < -0.3 is 10.0 Å². The lowest BCUT2D eigenvalue weighted by atomic mass is 9.46. The van der Waals surface area contributed by atoms with Crippen LogP contribution >= 0.6 is 0 Å². The number of nitrogens with zero attached hydrogens (tertiary/aromatic N) is 4. The van der Waals surface area contributed by atoms with Gasteiger partial charge >= 0.3 is 0 Å². The van der Waals surface area contributed by atoms with E-state index < -0.39 is 5.60 Å². The second-order valence-electron chi connectivity index (χ2n) is 10.3. The molecule has 4 bridgehead atoms. The lowest BCUT2D eigenvalue weighted by Gasteiger charge is -2.62. The first-order valence-electron chi connectivity index (χ1n) is 10.7. The average Bonchev–Trinajstić information content (AvgIpc) is 3.15. The third kappa shape index (κ3) is 2.59. The van der Waals surface area contributed by atoms with Gasteiger partial charge in [-0.15, -0.1) is 0 Å². The third-order valence-corrected chi connectivity index (χ3v) is 8.38. The van der Waals surface area contributed by atoms with Gasteiger partial charge in [0.2, 0.25) is 5.91 Å². The first-order valence-corrected chi connectivity index (χ1v) is 10.7. The summed E-state index contributed by atoms with van der Waals surface area (Å²) in [5, 5.41) is 15.2. The van der Waals surface area contributed by atoms with Crippen LogP contribution in [-0.2, 0) is 10.3 Å². The van der Waals surface area contributed by atoms with Crippen LogP contribution in [0.1, 0.15) is 65.2 Å². The van der Waals surface area contributed by atoms with E-state index in [4.69, 9.17) is 0 Å². The molecule has 4 saturated carbocycles. The number of amides is 1. The first-order chi connectivity index (χ1) is 12.9. The van der Waals surface area contributed by atoms with Crippen molar-refractivity contribution >= 4 is 5.91 Å². The summed E-state index contributed by atoms with van der Waals surface area (Å²) >= 11 is 0. The van der Waals surface area contributed by atoms with Gasteiger partial charge in [0, 0.05) is 19.0 Å². The molecule has 5 aliphatic rings. The monoisotopic (exact) mass is 372 g/mol. The van der Waals surface area contributed by atoms with Crippen molar-refractivity contribution < 1.29 is 9.90 Å². The molecule has 1 saturated heterocycles. The van der Waals surface area contributed by atoms with Crippen molar-refractivity contribution in [3.63, 3.8) is 0 Å². The second-order valence-corrected chi connectivity index (χ2v) is 10.3. The van der Waals surface area contributed by atoms with Gasteiger partial charge in [-0.3, -0.25) is 4.79 Å². The van der Waals surface area contributed by atoms with Crippen molar-refractivity contribution in [1.29, 1.82) is 0 Å². The normalized spacial score (nSPS) is 46.0. The van der Waals surface area contributed by atoms with Crippen LogP contribution in [0, 0.1) is 23.2 Å². The molecule has 1 aromatic heterocycles. The average molecular weight is 373 g/mol. The highest BCUT2D eigenvalue weighted by Gasteiger charge is 2.62. The minimum atomic E-state index is -0.644. The molecule has 1 aromatic rings. The van der Waals surface area contributed by atoms with E-state index in [1.54, 1.807) is 6.33 Å². The SMILES string of the molecule is CC[C@H]1CN(C(=O)C23CC4CC(C2)CC(n2cncn2)(C4)C3)CC[C@@]1(C)O. The number of likely N-dealkylation sites (tertiary alicyclic amines) is 1. The standard InChI is InChI=1S/C21H32N4O2/c1-3-17-11-24(5-4-19(17,2)27)18(26)20-7-15-6-16(8-20)10-21(9-15,12-20)25-14-22-13-23-25/h13-17,27H,3-12H2,1-2H3/t15?,16?,17-,19+,20?,21?/m0/s1. The van der Waals surface area contributed by atoms with Crippen LogP contribution in [0.25, 0.3) is 0 Å². The molecule has 148 valence electrons. The molecule has 0 spiro atoms. The highest BCUT2D eigenvalue weighted by molar-refractivity contribution is 5.83. The van der Waals surface area contributed by atoms with Crippen LogP contribution in [0.5, 0.6) is 0 Å². The summed E-state index contributed by atoms with van der Waals surface area (Å²) in [7, 11) is 0. The minimum Gasteiger partial charge on any atom is -0.390 e. The van der Waals surface area contributed by atoms with Crippen LogP contribution in [0.4, 0.5) is 0 Å². The van der Waals surface area contributed by atoms with Gasteiger partial charge in [0.05, 0.1) is 16.6 Å². The van der Waals surface area contributed by atoms with Crippen molar-refractivity contribution in [1.82, 2.24) is 19.7 Å². The van der Waals surface area contributed by atoms with Gasteiger partial charge in [-0.1, -0.05) is 6.92 Å². The Hall–Kier alpha value is -1.43. The smallest absolute Gasteiger partial charge is 0.228 e. The van der Waals surface area contributed by atoms with Gasteiger partial charge in [-0.05, 0) is 70.1 Å².